The topological polar surface area (TPSA) is 29.9 Å². The van der Waals surface area contributed by atoms with Crippen LogP contribution in [0.2, 0.25) is 5.02 Å². The average molecular weight is 347 g/mol. The van der Waals surface area contributed by atoms with Crippen LogP contribution in [-0.2, 0) is 6.54 Å². The fraction of sp³-hybridized carbons (Fsp3) is 0.308. The van der Waals surface area contributed by atoms with E-state index < -0.39 is 0 Å². The first kappa shape index (κ1) is 14.3. The molecule has 0 amide bonds. The van der Waals surface area contributed by atoms with Crippen molar-refractivity contribution in [1.29, 1.82) is 0 Å². The van der Waals surface area contributed by atoms with Gasteiger partial charge in [0.05, 0.1) is 16.9 Å². The Morgan fingerprint density at radius 2 is 2.21 bits per heavy atom. The van der Waals surface area contributed by atoms with E-state index in [1.165, 1.54) is 12.1 Å². The lowest BCUT2D eigenvalue weighted by Gasteiger charge is -2.10. The van der Waals surface area contributed by atoms with Gasteiger partial charge in [0.15, 0.2) is 0 Å². The Kier molecular flexibility index (Phi) is 4.47. The molecule has 1 N–H and O–H groups in total. The van der Waals surface area contributed by atoms with Gasteiger partial charge < -0.3 is 5.32 Å². The molecule has 0 saturated heterocycles. The first-order valence-corrected chi connectivity index (χ1v) is 7.06. The van der Waals surface area contributed by atoms with Gasteiger partial charge >= 0.3 is 0 Å². The quantitative estimate of drug-likeness (QED) is 0.874. The second kappa shape index (κ2) is 5.92. The minimum absolute atomic E-state index is 0.329. The van der Waals surface area contributed by atoms with Crippen LogP contribution in [0.25, 0.3) is 0 Å². The molecule has 1 aromatic carbocycles. The van der Waals surface area contributed by atoms with Crippen LogP contribution in [0.5, 0.6) is 0 Å². The molecule has 0 fully saturated rings. The molecule has 0 saturated carbocycles. The lowest BCUT2D eigenvalue weighted by molar-refractivity contribution is 0.532. The summed E-state index contributed by atoms with van der Waals surface area (Å²) < 4.78 is 15.6. The Bertz CT molecular complexity index is 560. The number of hydrogen-bond acceptors (Lipinski definition) is 2. The zero-order valence-electron chi connectivity index (χ0n) is 10.6. The minimum Gasteiger partial charge on any atom is -0.379 e. The highest BCUT2D eigenvalue weighted by Gasteiger charge is 2.08. The summed E-state index contributed by atoms with van der Waals surface area (Å²) in [5.74, 6) is -0.366. The molecule has 1 aromatic heterocycles. The highest BCUT2D eigenvalue weighted by Crippen LogP contribution is 2.32. The lowest BCUT2D eigenvalue weighted by atomic mass is 10.3. The number of aromatic nitrogens is 2. The van der Waals surface area contributed by atoms with Crippen LogP contribution in [0, 0.1) is 5.82 Å². The lowest BCUT2D eigenvalue weighted by Crippen LogP contribution is -2.02. The summed E-state index contributed by atoms with van der Waals surface area (Å²) >= 11 is 9.30. The van der Waals surface area contributed by atoms with Crippen molar-refractivity contribution < 1.29 is 4.39 Å². The van der Waals surface area contributed by atoms with E-state index in [-0.39, 0.29) is 5.82 Å². The summed E-state index contributed by atoms with van der Waals surface area (Å²) in [4.78, 5) is 0. The highest BCUT2D eigenvalue weighted by molar-refractivity contribution is 9.10. The van der Waals surface area contributed by atoms with E-state index in [9.17, 15) is 4.39 Å². The zero-order valence-corrected chi connectivity index (χ0v) is 13.0. The maximum atomic E-state index is 13.1. The molecular weight excluding hydrogens is 333 g/mol. The zero-order chi connectivity index (χ0) is 14.0. The molecule has 2 aromatic rings. The molecule has 2 rings (SSSR count). The van der Waals surface area contributed by atoms with Crippen LogP contribution in [0.15, 0.2) is 29.0 Å². The fourth-order valence-electron chi connectivity index (χ4n) is 1.65. The third-order valence-electron chi connectivity index (χ3n) is 2.66. The van der Waals surface area contributed by atoms with Crippen molar-refractivity contribution in [1.82, 2.24) is 9.78 Å². The molecule has 0 spiro atoms. The van der Waals surface area contributed by atoms with Crippen molar-refractivity contribution >= 4 is 33.2 Å². The predicted octanol–water partition coefficient (Wildman–Crippen LogP) is 4.63. The monoisotopic (exact) mass is 345 g/mol. The van der Waals surface area contributed by atoms with Crippen LogP contribution >= 0.6 is 27.5 Å². The molecule has 102 valence electrons. The van der Waals surface area contributed by atoms with Crippen molar-refractivity contribution in [3.05, 3.63) is 45.4 Å². The Morgan fingerprint density at radius 1 is 1.47 bits per heavy atom. The molecule has 0 aliphatic heterocycles. The summed E-state index contributed by atoms with van der Waals surface area (Å²) in [7, 11) is 0. The van der Waals surface area contributed by atoms with E-state index in [0.717, 1.165) is 5.56 Å². The number of hydrogen-bond donors (Lipinski definition) is 1. The normalized spacial score (nSPS) is 11.1. The molecule has 0 bridgehead atoms. The van der Waals surface area contributed by atoms with Gasteiger partial charge in [0.2, 0.25) is 0 Å². The predicted molar refractivity (Wildman–Crippen MR) is 79.0 cm³/mol. The second-order valence-electron chi connectivity index (χ2n) is 4.52. The van der Waals surface area contributed by atoms with Gasteiger partial charge in [0.1, 0.15) is 5.82 Å². The van der Waals surface area contributed by atoms with Gasteiger partial charge in [-0.25, -0.2) is 4.39 Å². The van der Waals surface area contributed by atoms with Gasteiger partial charge in [-0.05, 0) is 41.9 Å². The molecular formula is C13H14BrClFN3. The smallest absolute Gasteiger partial charge is 0.125 e. The highest BCUT2D eigenvalue weighted by atomic mass is 79.9. The van der Waals surface area contributed by atoms with Crippen molar-refractivity contribution in [3.8, 4) is 0 Å². The van der Waals surface area contributed by atoms with Gasteiger partial charge in [-0.3, -0.25) is 4.68 Å². The number of benzene rings is 1. The van der Waals surface area contributed by atoms with Crippen molar-refractivity contribution in [3.63, 3.8) is 0 Å². The SMILES string of the molecule is CC(C)n1cc(CNc2c(Cl)cc(F)cc2Br)cn1. The first-order chi connectivity index (χ1) is 8.97. The molecule has 1 heterocycles. The van der Waals surface area contributed by atoms with E-state index in [1.54, 1.807) is 6.20 Å². The summed E-state index contributed by atoms with van der Waals surface area (Å²) in [6, 6.07) is 2.99. The van der Waals surface area contributed by atoms with Gasteiger partial charge in [-0.15, -0.1) is 0 Å². The molecule has 0 aliphatic carbocycles. The molecule has 0 unspecified atom stereocenters. The minimum atomic E-state index is -0.366. The standard InChI is InChI=1S/C13H14BrClFN3/c1-8(2)19-7-9(6-18-19)5-17-13-11(14)3-10(16)4-12(13)15/h3-4,6-8,17H,5H2,1-2H3. The number of nitrogens with zero attached hydrogens (tertiary/aromatic N) is 2. The van der Waals surface area contributed by atoms with E-state index in [1.807, 2.05) is 10.9 Å². The van der Waals surface area contributed by atoms with E-state index in [4.69, 9.17) is 11.6 Å². The fourth-order valence-corrected chi connectivity index (χ4v) is 2.61. The Hall–Kier alpha value is -1.07. The largest absolute Gasteiger partial charge is 0.379 e. The number of halogens is 3. The van der Waals surface area contributed by atoms with E-state index in [0.29, 0.717) is 27.8 Å². The molecule has 0 radical (unpaired) electrons. The Labute approximate surface area is 124 Å². The van der Waals surface area contributed by atoms with Gasteiger partial charge in [0, 0.05) is 28.8 Å². The van der Waals surface area contributed by atoms with Crippen LogP contribution in [-0.4, -0.2) is 9.78 Å². The van der Waals surface area contributed by atoms with Crippen LogP contribution < -0.4 is 5.32 Å². The average Bonchev–Trinajstić information content (AvgIpc) is 2.76. The molecule has 0 aliphatic rings. The molecule has 0 atom stereocenters. The number of rotatable bonds is 4. The van der Waals surface area contributed by atoms with Crippen molar-refractivity contribution in [2.75, 3.05) is 5.32 Å². The maximum absolute atomic E-state index is 13.1. The van der Waals surface area contributed by atoms with Crippen LogP contribution in [0.1, 0.15) is 25.5 Å². The Morgan fingerprint density at radius 3 is 2.79 bits per heavy atom. The van der Waals surface area contributed by atoms with E-state index >= 15 is 0 Å². The van der Waals surface area contributed by atoms with Gasteiger partial charge in [-0.1, -0.05) is 11.6 Å². The summed E-state index contributed by atoms with van der Waals surface area (Å²) in [5.41, 5.74) is 1.72. The Balaban J connectivity index is 2.10. The number of nitrogens with one attached hydrogen (secondary N) is 1. The molecule has 3 nitrogen and oxygen atoms in total. The van der Waals surface area contributed by atoms with E-state index in [2.05, 4.69) is 40.2 Å². The van der Waals surface area contributed by atoms with Gasteiger partial charge in [-0.2, -0.15) is 5.10 Å². The summed E-state index contributed by atoms with van der Waals surface area (Å²) in [6.45, 7) is 4.71. The van der Waals surface area contributed by atoms with Crippen LogP contribution in [0.4, 0.5) is 10.1 Å². The second-order valence-corrected chi connectivity index (χ2v) is 5.78. The molecule has 19 heavy (non-hydrogen) atoms. The summed E-state index contributed by atoms with van der Waals surface area (Å²) in [5, 5.41) is 7.79. The third-order valence-corrected chi connectivity index (χ3v) is 3.58. The van der Waals surface area contributed by atoms with Crippen molar-refractivity contribution in [2.45, 2.75) is 26.4 Å². The first-order valence-electron chi connectivity index (χ1n) is 5.89. The van der Waals surface area contributed by atoms with Crippen LogP contribution in [0.3, 0.4) is 0 Å². The van der Waals surface area contributed by atoms with Crippen molar-refractivity contribution in [2.24, 2.45) is 0 Å². The summed E-state index contributed by atoms with van der Waals surface area (Å²) in [6.07, 6.45) is 3.78. The molecule has 6 heteroatoms. The van der Waals surface area contributed by atoms with Gasteiger partial charge in [0.25, 0.3) is 0 Å². The third kappa shape index (κ3) is 3.48. The maximum Gasteiger partial charge on any atom is 0.125 e. The number of anilines is 1.